The number of alkyl halides is 3. The van der Waals surface area contributed by atoms with Gasteiger partial charge in [-0.15, -0.1) is 10.2 Å². The summed E-state index contributed by atoms with van der Waals surface area (Å²) < 4.78 is 69.4. The molecule has 5 rings (SSSR count). The quantitative estimate of drug-likeness (QED) is 0.323. The molecule has 0 amide bonds. The monoisotopic (exact) mass is 443 g/mol. The van der Waals surface area contributed by atoms with Gasteiger partial charge in [-0.25, -0.2) is 8.78 Å². The molecule has 2 aromatic heterocycles. The standard InChI is InChI=1S/C22H14F5N5/c1-31(19-17-11-14(23)2-3-18(17)32-12-28-30-20(32)29-19)16-9-13(8-15(24)10-16)4-5-21(6-7-21)22(25,26)27/h2-3,8-12H,6-7H2,1H3. The molecule has 0 N–H and O–H groups in total. The van der Waals surface area contributed by atoms with E-state index >= 15 is 0 Å². The van der Waals surface area contributed by atoms with E-state index < -0.39 is 23.2 Å². The van der Waals surface area contributed by atoms with E-state index in [1.165, 1.54) is 35.5 Å². The predicted molar refractivity (Wildman–Crippen MR) is 107 cm³/mol. The summed E-state index contributed by atoms with van der Waals surface area (Å²) in [5, 5.41) is 8.17. The first-order valence-corrected chi connectivity index (χ1v) is 9.60. The van der Waals surface area contributed by atoms with Crippen LogP contribution in [0.5, 0.6) is 0 Å². The molecule has 2 aromatic carbocycles. The first-order valence-electron chi connectivity index (χ1n) is 9.60. The maximum atomic E-state index is 14.3. The van der Waals surface area contributed by atoms with E-state index in [0.717, 1.165) is 6.07 Å². The fourth-order valence-corrected chi connectivity index (χ4v) is 3.54. The normalized spacial score (nSPS) is 14.9. The van der Waals surface area contributed by atoms with E-state index in [2.05, 4.69) is 27.0 Å². The van der Waals surface area contributed by atoms with Crippen LogP contribution in [0, 0.1) is 28.9 Å². The Morgan fingerprint density at radius 3 is 2.56 bits per heavy atom. The van der Waals surface area contributed by atoms with Gasteiger partial charge in [0.2, 0.25) is 0 Å². The van der Waals surface area contributed by atoms with Crippen molar-refractivity contribution in [3.63, 3.8) is 0 Å². The number of nitrogens with zero attached hydrogens (tertiary/aromatic N) is 5. The van der Waals surface area contributed by atoms with Gasteiger partial charge in [-0.05, 0) is 49.2 Å². The zero-order valence-corrected chi connectivity index (χ0v) is 16.6. The molecule has 0 aliphatic heterocycles. The molecular weight excluding hydrogens is 429 g/mol. The van der Waals surface area contributed by atoms with Crippen LogP contribution < -0.4 is 4.90 Å². The van der Waals surface area contributed by atoms with Gasteiger partial charge in [-0.1, -0.05) is 11.8 Å². The molecule has 0 unspecified atom stereocenters. The van der Waals surface area contributed by atoms with Gasteiger partial charge in [-0.2, -0.15) is 18.2 Å². The SMILES string of the molecule is CN(c1cc(F)cc(C#CC2(C(F)(F)F)CC2)c1)c1nc2nncn2c2ccc(F)cc12. The van der Waals surface area contributed by atoms with E-state index in [1.54, 1.807) is 17.5 Å². The van der Waals surface area contributed by atoms with Crippen molar-refractivity contribution in [2.75, 3.05) is 11.9 Å². The second kappa shape index (κ2) is 6.88. The van der Waals surface area contributed by atoms with E-state index in [4.69, 9.17) is 0 Å². The number of benzene rings is 2. The molecule has 1 saturated carbocycles. The first-order chi connectivity index (χ1) is 15.2. The summed E-state index contributed by atoms with van der Waals surface area (Å²) in [5.41, 5.74) is -1.05. The summed E-state index contributed by atoms with van der Waals surface area (Å²) in [6.07, 6.45) is -3.11. The molecule has 1 fully saturated rings. The van der Waals surface area contributed by atoms with Crippen LogP contribution in [0.2, 0.25) is 0 Å². The number of halogens is 5. The van der Waals surface area contributed by atoms with Crippen LogP contribution >= 0.6 is 0 Å². The Morgan fingerprint density at radius 1 is 1.06 bits per heavy atom. The highest BCUT2D eigenvalue weighted by molar-refractivity contribution is 5.93. The first kappa shape index (κ1) is 20.2. The number of hydrogen-bond donors (Lipinski definition) is 0. The van der Waals surface area contributed by atoms with Gasteiger partial charge in [-0.3, -0.25) is 4.40 Å². The van der Waals surface area contributed by atoms with Crippen molar-refractivity contribution in [2.45, 2.75) is 19.0 Å². The molecule has 1 aliphatic carbocycles. The number of aromatic nitrogens is 4. The fourth-order valence-electron chi connectivity index (χ4n) is 3.54. The van der Waals surface area contributed by atoms with Crippen LogP contribution in [-0.4, -0.2) is 32.8 Å². The lowest BCUT2D eigenvalue weighted by molar-refractivity contribution is -0.168. The minimum absolute atomic E-state index is 0.0641. The number of rotatable bonds is 2. The number of fused-ring (bicyclic) bond motifs is 3. The Morgan fingerprint density at radius 2 is 1.84 bits per heavy atom. The van der Waals surface area contributed by atoms with Crippen molar-refractivity contribution >= 4 is 28.2 Å². The Kier molecular flexibility index (Phi) is 4.34. The summed E-state index contributed by atoms with van der Waals surface area (Å²) in [6, 6.07) is 7.86. The molecular formula is C22H14F5N5. The molecule has 2 heterocycles. The van der Waals surface area contributed by atoms with Crippen LogP contribution in [0.4, 0.5) is 33.5 Å². The molecule has 0 bridgehead atoms. The second-order valence-electron chi connectivity index (χ2n) is 7.68. The van der Waals surface area contributed by atoms with Gasteiger partial charge in [0.25, 0.3) is 5.78 Å². The predicted octanol–water partition coefficient (Wildman–Crippen LogP) is 5.02. The zero-order chi connectivity index (χ0) is 22.7. The van der Waals surface area contributed by atoms with Gasteiger partial charge < -0.3 is 4.90 Å². The minimum Gasteiger partial charge on any atom is -0.329 e. The fraction of sp³-hybridized carbons (Fsp3) is 0.227. The van der Waals surface area contributed by atoms with Crippen LogP contribution in [0.3, 0.4) is 0 Å². The third kappa shape index (κ3) is 3.30. The molecule has 10 heteroatoms. The zero-order valence-electron chi connectivity index (χ0n) is 16.6. The van der Waals surface area contributed by atoms with Gasteiger partial charge in [0.05, 0.1) is 5.52 Å². The summed E-state index contributed by atoms with van der Waals surface area (Å²) in [6.45, 7) is 0. The summed E-state index contributed by atoms with van der Waals surface area (Å²) in [5.74, 6) is 4.11. The Balaban J connectivity index is 1.60. The highest BCUT2D eigenvalue weighted by Crippen LogP contribution is 2.57. The lowest BCUT2D eigenvalue weighted by Crippen LogP contribution is -2.22. The molecule has 32 heavy (non-hydrogen) atoms. The molecule has 0 radical (unpaired) electrons. The van der Waals surface area contributed by atoms with Crippen molar-refractivity contribution in [2.24, 2.45) is 5.41 Å². The van der Waals surface area contributed by atoms with Gasteiger partial charge in [0.1, 0.15) is 29.2 Å². The Labute approximate surface area is 178 Å². The molecule has 1 aliphatic rings. The third-order valence-corrected chi connectivity index (χ3v) is 5.52. The van der Waals surface area contributed by atoms with Crippen LogP contribution in [-0.2, 0) is 0 Å². The maximum Gasteiger partial charge on any atom is 0.405 e. The van der Waals surface area contributed by atoms with Crippen molar-refractivity contribution in [1.29, 1.82) is 0 Å². The van der Waals surface area contributed by atoms with Gasteiger partial charge >= 0.3 is 6.18 Å². The summed E-state index contributed by atoms with van der Waals surface area (Å²) >= 11 is 0. The largest absolute Gasteiger partial charge is 0.405 e. The highest BCUT2D eigenvalue weighted by Gasteiger charge is 2.62. The van der Waals surface area contributed by atoms with Crippen LogP contribution in [0.15, 0.2) is 42.7 Å². The molecule has 5 nitrogen and oxygen atoms in total. The lowest BCUT2D eigenvalue weighted by atomic mass is 10.1. The summed E-state index contributed by atoms with van der Waals surface area (Å²) in [7, 11) is 1.59. The highest BCUT2D eigenvalue weighted by atomic mass is 19.4. The van der Waals surface area contributed by atoms with Crippen LogP contribution in [0.1, 0.15) is 18.4 Å². The molecule has 0 spiro atoms. The third-order valence-electron chi connectivity index (χ3n) is 5.52. The number of anilines is 2. The second-order valence-corrected chi connectivity index (χ2v) is 7.68. The van der Waals surface area contributed by atoms with E-state index in [0.29, 0.717) is 10.9 Å². The van der Waals surface area contributed by atoms with Crippen molar-refractivity contribution in [3.8, 4) is 11.8 Å². The summed E-state index contributed by atoms with van der Waals surface area (Å²) in [4.78, 5) is 5.91. The van der Waals surface area contributed by atoms with Gasteiger partial charge in [0.15, 0.2) is 0 Å². The van der Waals surface area contributed by atoms with Crippen molar-refractivity contribution in [3.05, 3.63) is 59.9 Å². The molecule has 162 valence electrons. The minimum atomic E-state index is -4.42. The molecule has 0 atom stereocenters. The molecule has 4 aromatic rings. The average molecular weight is 443 g/mol. The Hall–Kier alpha value is -3.74. The smallest absolute Gasteiger partial charge is 0.329 e. The van der Waals surface area contributed by atoms with Crippen molar-refractivity contribution in [1.82, 2.24) is 19.6 Å². The van der Waals surface area contributed by atoms with E-state index in [-0.39, 0.29) is 35.7 Å². The maximum absolute atomic E-state index is 14.3. The topological polar surface area (TPSA) is 46.3 Å². The Bertz CT molecular complexity index is 1430. The lowest BCUT2D eigenvalue weighted by Gasteiger charge is -2.21. The molecule has 0 saturated heterocycles. The number of hydrogen-bond acceptors (Lipinski definition) is 4. The van der Waals surface area contributed by atoms with Gasteiger partial charge in [0, 0.05) is 23.7 Å². The van der Waals surface area contributed by atoms with Crippen molar-refractivity contribution < 1.29 is 22.0 Å². The average Bonchev–Trinajstić information content (AvgIpc) is 3.40. The van der Waals surface area contributed by atoms with E-state index in [9.17, 15) is 22.0 Å². The van der Waals surface area contributed by atoms with Crippen LogP contribution in [0.25, 0.3) is 16.7 Å². The van der Waals surface area contributed by atoms with E-state index in [1.807, 2.05) is 0 Å².